The molecule has 0 bridgehead atoms. The number of carbonyl (C=O) groups is 1. The van der Waals surface area contributed by atoms with Crippen LogP contribution in [0.2, 0.25) is 0 Å². The second kappa shape index (κ2) is 8.39. The van der Waals surface area contributed by atoms with Crippen LogP contribution in [0.1, 0.15) is 43.8 Å². The van der Waals surface area contributed by atoms with E-state index >= 15 is 0 Å². The molecule has 144 valence electrons. The number of carbonyl (C=O) groups excluding carboxylic acids is 1. The molecule has 26 heavy (non-hydrogen) atoms. The summed E-state index contributed by atoms with van der Waals surface area (Å²) in [4.78, 5) is 16.7. The third-order valence-corrected chi connectivity index (χ3v) is 5.96. The maximum absolute atomic E-state index is 12.2. The number of hydrogen-bond acceptors (Lipinski definition) is 4. The number of fused-ring (bicyclic) bond motifs is 1. The van der Waals surface area contributed by atoms with Gasteiger partial charge in [0.2, 0.25) is 0 Å². The first-order chi connectivity index (χ1) is 12.8. The number of aromatic nitrogens is 2. The van der Waals surface area contributed by atoms with E-state index in [4.69, 9.17) is 4.74 Å². The molecule has 7 nitrogen and oxygen atoms in total. The lowest BCUT2D eigenvalue weighted by Gasteiger charge is -2.36. The van der Waals surface area contributed by atoms with Gasteiger partial charge in [0.15, 0.2) is 0 Å². The summed E-state index contributed by atoms with van der Waals surface area (Å²) in [5, 5.41) is 7.64. The Hall–Kier alpha value is -1.60. The molecule has 0 aliphatic carbocycles. The largest absolute Gasteiger partial charge is 0.381 e. The fraction of sp³-hybridized carbons (Fsp3) is 0.789. The van der Waals surface area contributed by atoms with Crippen molar-refractivity contribution in [3.05, 3.63) is 18.0 Å². The van der Waals surface area contributed by atoms with Crippen LogP contribution in [-0.4, -0.2) is 71.5 Å². The van der Waals surface area contributed by atoms with Crippen molar-refractivity contribution in [2.45, 2.75) is 44.7 Å². The smallest absolute Gasteiger partial charge is 0.317 e. The molecular weight excluding hydrogens is 330 g/mol. The van der Waals surface area contributed by atoms with Crippen LogP contribution in [-0.2, 0) is 11.3 Å². The lowest BCUT2D eigenvalue weighted by molar-refractivity contribution is 0.0443. The molecule has 7 heteroatoms. The third kappa shape index (κ3) is 4.20. The molecule has 3 aliphatic rings. The number of likely N-dealkylation sites (tertiary alicyclic amines) is 1. The van der Waals surface area contributed by atoms with E-state index in [9.17, 15) is 4.79 Å². The number of rotatable bonds is 5. The molecule has 0 radical (unpaired) electrons. The topological polar surface area (TPSA) is 62.6 Å². The summed E-state index contributed by atoms with van der Waals surface area (Å²) in [6.07, 6.45) is 7.45. The van der Waals surface area contributed by atoms with Crippen molar-refractivity contribution in [3.8, 4) is 0 Å². The molecule has 1 aromatic rings. The summed E-state index contributed by atoms with van der Waals surface area (Å²) < 4.78 is 7.66. The molecule has 2 fully saturated rings. The van der Waals surface area contributed by atoms with Crippen LogP contribution in [0.15, 0.2) is 12.3 Å². The second-order valence-electron chi connectivity index (χ2n) is 7.89. The highest BCUT2D eigenvalue weighted by Gasteiger charge is 2.28. The fourth-order valence-electron chi connectivity index (χ4n) is 4.49. The molecule has 2 amide bonds. The van der Waals surface area contributed by atoms with Crippen LogP contribution in [0.25, 0.3) is 0 Å². The molecule has 0 spiro atoms. The molecular formula is C19H31N5O2. The highest BCUT2D eigenvalue weighted by molar-refractivity contribution is 5.74. The van der Waals surface area contributed by atoms with E-state index in [0.717, 1.165) is 71.1 Å². The minimum atomic E-state index is 0.0954. The van der Waals surface area contributed by atoms with Crippen molar-refractivity contribution < 1.29 is 9.53 Å². The van der Waals surface area contributed by atoms with Gasteiger partial charge in [-0.15, -0.1) is 0 Å². The van der Waals surface area contributed by atoms with Gasteiger partial charge in [-0.25, -0.2) is 4.79 Å². The van der Waals surface area contributed by atoms with Gasteiger partial charge in [-0.3, -0.25) is 9.58 Å². The van der Waals surface area contributed by atoms with Gasteiger partial charge in [0.1, 0.15) is 0 Å². The van der Waals surface area contributed by atoms with Crippen molar-refractivity contribution in [2.75, 3.05) is 45.9 Å². The molecule has 1 aromatic heterocycles. The van der Waals surface area contributed by atoms with Gasteiger partial charge in [-0.2, -0.15) is 5.10 Å². The lowest BCUT2D eigenvalue weighted by atomic mass is 9.98. The van der Waals surface area contributed by atoms with Gasteiger partial charge in [0.25, 0.3) is 0 Å². The van der Waals surface area contributed by atoms with Crippen LogP contribution in [0.3, 0.4) is 0 Å². The Morgan fingerprint density at radius 2 is 2.08 bits per heavy atom. The van der Waals surface area contributed by atoms with E-state index in [0.29, 0.717) is 12.6 Å². The lowest BCUT2D eigenvalue weighted by Crippen LogP contribution is -2.43. The average Bonchev–Trinajstić information content (AvgIpc) is 3.34. The summed E-state index contributed by atoms with van der Waals surface area (Å²) in [5.74, 6) is 0.744. The Bertz CT molecular complexity index is 593. The van der Waals surface area contributed by atoms with Crippen LogP contribution >= 0.6 is 0 Å². The molecule has 2 saturated heterocycles. The average molecular weight is 361 g/mol. The quantitative estimate of drug-likeness (QED) is 0.870. The highest BCUT2D eigenvalue weighted by Crippen LogP contribution is 2.25. The standard InChI is InChI=1S/C19H31N5O2/c25-19(23-9-1-2-10-23)20-7-3-17-14-22(13-16-5-11-26-12-6-16)15-18-4-8-21-24(17)18/h4,8,16-17H,1-3,5-7,9-15H2,(H,20,25). The summed E-state index contributed by atoms with van der Waals surface area (Å²) in [5.41, 5.74) is 1.29. The van der Waals surface area contributed by atoms with Crippen LogP contribution in [0.4, 0.5) is 4.79 Å². The zero-order chi connectivity index (χ0) is 17.8. The zero-order valence-corrected chi connectivity index (χ0v) is 15.6. The van der Waals surface area contributed by atoms with Gasteiger partial charge in [0.05, 0.1) is 11.7 Å². The SMILES string of the molecule is O=C(NCCC1CN(CC2CCOCC2)Cc2ccnn21)N1CCCC1. The first-order valence-corrected chi connectivity index (χ1v) is 10.1. The predicted octanol–water partition coefficient (Wildman–Crippen LogP) is 1.86. The predicted molar refractivity (Wildman–Crippen MR) is 98.9 cm³/mol. The first-order valence-electron chi connectivity index (χ1n) is 10.1. The van der Waals surface area contributed by atoms with Crippen molar-refractivity contribution >= 4 is 6.03 Å². The number of nitrogens with zero attached hydrogens (tertiary/aromatic N) is 4. The minimum Gasteiger partial charge on any atom is -0.381 e. The Balaban J connectivity index is 1.30. The zero-order valence-electron chi connectivity index (χ0n) is 15.6. The summed E-state index contributed by atoms with van der Waals surface area (Å²) in [6, 6.07) is 2.57. The molecule has 0 aromatic carbocycles. The highest BCUT2D eigenvalue weighted by atomic mass is 16.5. The van der Waals surface area contributed by atoms with Crippen molar-refractivity contribution in [3.63, 3.8) is 0 Å². The Morgan fingerprint density at radius 3 is 2.88 bits per heavy atom. The summed E-state index contributed by atoms with van der Waals surface area (Å²) in [7, 11) is 0. The summed E-state index contributed by atoms with van der Waals surface area (Å²) >= 11 is 0. The maximum atomic E-state index is 12.2. The van der Waals surface area contributed by atoms with E-state index in [1.54, 1.807) is 0 Å². The molecule has 0 saturated carbocycles. The minimum absolute atomic E-state index is 0.0954. The van der Waals surface area contributed by atoms with Crippen LogP contribution in [0, 0.1) is 5.92 Å². The first kappa shape index (κ1) is 17.8. The molecule has 3 aliphatic heterocycles. The van der Waals surface area contributed by atoms with Crippen molar-refractivity contribution in [2.24, 2.45) is 5.92 Å². The van der Waals surface area contributed by atoms with E-state index in [-0.39, 0.29) is 6.03 Å². The fourth-order valence-corrected chi connectivity index (χ4v) is 4.49. The third-order valence-electron chi connectivity index (χ3n) is 5.96. The Labute approximate surface area is 155 Å². The number of hydrogen-bond donors (Lipinski definition) is 1. The van der Waals surface area contributed by atoms with E-state index in [2.05, 4.69) is 26.1 Å². The van der Waals surface area contributed by atoms with Gasteiger partial charge < -0.3 is 15.0 Å². The molecule has 1 atom stereocenters. The Kier molecular flexibility index (Phi) is 5.75. The van der Waals surface area contributed by atoms with E-state index in [1.807, 2.05) is 11.1 Å². The number of nitrogens with one attached hydrogen (secondary N) is 1. The monoisotopic (exact) mass is 361 g/mol. The normalized spacial score (nSPS) is 24.6. The number of amides is 2. The van der Waals surface area contributed by atoms with Gasteiger partial charge in [-0.1, -0.05) is 0 Å². The maximum Gasteiger partial charge on any atom is 0.317 e. The van der Waals surface area contributed by atoms with Crippen LogP contribution < -0.4 is 5.32 Å². The molecule has 1 unspecified atom stereocenters. The number of ether oxygens (including phenoxy) is 1. The van der Waals surface area contributed by atoms with Gasteiger partial charge in [0, 0.05) is 58.7 Å². The van der Waals surface area contributed by atoms with Gasteiger partial charge >= 0.3 is 6.03 Å². The van der Waals surface area contributed by atoms with Crippen molar-refractivity contribution in [1.29, 1.82) is 0 Å². The van der Waals surface area contributed by atoms with Crippen molar-refractivity contribution in [1.82, 2.24) is 24.9 Å². The molecule has 4 heterocycles. The van der Waals surface area contributed by atoms with Crippen LogP contribution in [0.5, 0.6) is 0 Å². The number of urea groups is 1. The Morgan fingerprint density at radius 1 is 1.27 bits per heavy atom. The molecule has 1 N–H and O–H groups in total. The summed E-state index contributed by atoms with van der Waals surface area (Å²) in [6.45, 7) is 7.47. The van der Waals surface area contributed by atoms with E-state index < -0.39 is 0 Å². The second-order valence-corrected chi connectivity index (χ2v) is 7.89. The van der Waals surface area contributed by atoms with E-state index in [1.165, 1.54) is 18.5 Å². The molecule has 4 rings (SSSR count). The van der Waals surface area contributed by atoms with Gasteiger partial charge in [-0.05, 0) is 44.1 Å².